The first-order chi connectivity index (χ1) is 14.8. The summed E-state index contributed by atoms with van der Waals surface area (Å²) in [5, 5.41) is 0. The van der Waals surface area contributed by atoms with E-state index in [9.17, 15) is 13.6 Å². The van der Waals surface area contributed by atoms with Crippen molar-refractivity contribution in [2.24, 2.45) is 5.92 Å². The van der Waals surface area contributed by atoms with Crippen LogP contribution in [0.5, 0.6) is 0 Å². The predicted molar refractivity (Wildman–Crippen MR) is 116 cm³/mol. The van der Waals surface area contributed by atoms with E-state index in [2.05, 4.69) is 30.1 Å². The fraction of sp³-hybridized carbons (Fsp3) is 0.360. The highest BCUT2D eigenvalue weighted by Crippen LogP contribution is 2.30. The van der Waals surface area contributed by atoms with Gasteiger partial charge >= 0.3 is 0 Å². The Hall–Kier alpha value is -3.02. The average Bonchev–Trinajstić information content (AvgIpc) is 3.14. The second-order valence-corrected chi connectivity index (χ2v) is 8.50. The van der Waals surface area contributed by atoms with Crippen LogP contribution in [0.15, 0.2) is 48.9 Å². The van der Waals surface area contributed by atoms with Gasteiger partial charge in [-0.05, 0) is 74.9 Å². The highest BCUT2D eigenvalue weighted by Gasteiger charge is 2.32. The Morgan fingerprint density at radius 1 is 1.13 bits per heavy atom. The summed E-state index contributed by atoms with van der Waals surface area (Å²) in [5.41, 5.74) is 4.76. The van der Waals surface area contributed by atoms with Gasteiger partial charge < -0.3 is 9.47 Å². The maximum atomic E-state index is 13.7. The summed E-state index contributed by atoms with van der Waals surface area (Å²) < 4.78 is 29.3. The maximum Gasteiger partial charge on any atom is 0.226 e. The van der Waals surface area contributed by atoms with Gasteiger partial charge in [0.2, 0.25) is 5.91 Å². The van der Waals surface area contributed by atoms with E-state index < -0.39 is 11.6 Å². The lowest BCUT2D eigenvalue weighted by Gasteiger charge is -2.37. The molecule has 1 aliphatic rings. The third-order valence-electron chi connectivity index (χ3n) is 6.15. The predicted octanol–water partition coefficient (Wildman–Crippen LogP) is 5.31. The standard InChI is InChI=1S/C25H27F2N3O/c1-16-9-19(6-7-24(16)29-14-17(2)28-15-29)10-20-5-4-8-30(25(20)31)18(3)21-11-22(26)13-23(27)12-21/h6-7,9,11-15,18,20H,4-5,8,10H2,1-3H3. The summed E-state index contributed by atoms with van der Waals surface area (Å²) in [7, 11) is 0. The molecule has 0 spiro atoms. The van der Waals surface area contributed by atoms with Crippen molar-refractivity contribution in [3.05, 3.63) is 82.9 Å². The van der Waals surface area contributed by atoms with Crippen LogP contribution in [0, 0.1) is 31.4 Å². The number of carbonyl (C=O) groups is 1. The van der Waals surface area contributed by atoms with Gasteiger partial charge in [0.25, 0.3) is 0 Å². The minimum Gasteiger partial charge on any atom is -0.336 e. The third-order valence-corrected chi connectivity index (χ3v) is 6.15. The Bertz CT molecular complexity index is 1090. The number of likely N-dealkylation sites (tertiary alicyclic amines) is 1. The first kappa shape index (κ1) is 21.2. The van der Waals surface area contributed by atoms with Crippen molar-refractivity contribution in [3.8, 4) is 5.69 Å². The highest BCUT2D eigenvalue weighted by atomic mass is 19.1. The van der Waals surface area contributed by atoms with Crippen molar-refractivity contribution in [2.45, 2.75) is 46.1 Å². The van der Waals surface area contributed by atoms with E-state index in [0.717, 1.165) is 41.4 Å². The number of carbonyl (C=O) groups excluding carboxylic acids is 1. The topological polar surface area (TPSA) is 38.1 Å². The first-order valence-electron chi connectivity index (χ1n) is 10.7. The highest BCUT2D eigenvalue weighted by molar-refractivity contribution is 5.80. The molecule has 1 aliphatic heterocycles. The number of halogens is 2. The zero-order chi connectivity index (χ0) is 22.1. The van der Waals surface area contributed by atoms with Crippen molar-refractivity contribution in [1.82, 2.24) is 14.5 Å². The largest absolute Gasteiger partial charge is 0.336 e. The molecule has 1 fully saturated rings. The fourth-order valence-corrected chi connectivity index (χ4v) is 4.52. The molecule has 0 aliphatic carbocycles. The quantitative estimate of drug-likeness (QED) is 0.558. The van der Waals surface area contributed by atoms with Gasteiger partial charge in [-0.1, -0.05) is 12.1 Å². The Balaban J connectivity index is 1.50. The van der Waals surface area contributed by atoms with E-state index in [4.69, 9.17) is 0 Å². The van der Waals surface area contributed by atoms with Gasteiger partial charge in [-0.15, -0.1) is 0 Å². The Kier molecular flexibility index (Phi) is 5.90. The molecule has 3 aromatic rings. The van der Waals surface area contributed by atoms with Crippen molar-refractivity contribution >= 4 is 5.91 Å². The first-order valence-corrected chi connectivity index (χ1v) is 10.7. The molecule has 1 amide bonds. The third kappa shape index (κ3) is 4.53. The van der Waals surface area contributed by atoms with Crippen molar-refractivity contribution < 1.29 is 13.6 Å². The number of aromatic nitrogens is 2. The molecular weight excluding hydrogens is 396 g/mol. The van der Waals surface area contributed by atoms with Crippen molar-refractivity contribution in [1.29, 1.82) is 0 Å². The zero-order valence-corrected chi connectivity index (χ0v) is 18.1. The van der Waals surface area contributed by atoms with Crippen LogP contribution in [0.2, 0.25) is 0 Å². The van der Waals surface area contributed by atoms with Gasteiger partial charge in [0.15, 0.2) is 0 Å². The summed E-state index contributed by atoms with van der Waals surface area (Å²) in [4.78, 5) is 19.3. The van der Waals surface area contributed by atoms with E-state index in [-0.39, 0.29) is 17.9 Å². The number of imidazole rings is 1. The van der Waals surface area contributed by atoms with Crippen LogP contribution in [-0.2, 0) is 11.2 Å². The lowest BCUT2D eigenvalue weighted by Crippen LogP contribution is -2.43. The fourth-order valence-electron chi connectivity index (χ4n) is 4.52. The van der Waals surface area contributed by atoms with Gasteiger partial charge in [0.05, 0.1) is 18.1 Å². The van der Waals surface area contributed by atoms with Crippen LogP contribution in [0.1, 0.15) is 48.2 Å². The van der Waals surface area contributed by atoms with Crippen LogP contribution in [0.3, 0.4) is 0 Å². The minimum atomic E-state index is -0.619. The van der Waals surface area contributed by atoms with Gasteiger partial charge in [-0.2, -0.15) is 0 Å². The Morgan fingerprint density at radius 2 is 1.87 bits per heavy atom. The van der Waals surface area contributed by atoms with Crippen LogP contribution < -0.4 is 0 Å². The van der Waals surface area contributed by atoms with Gasteiger partial charge in [0.1, 0.15) is 11.6 Å². The molecule has 31 heavy (non-hydrogen) atoms. The number of hydrogen-bond donors (Lipinski definition) is 0. The number of piperidine rings is 1. The van der Waals surface area contributed by atoms with Crippen LogP contribution in [0.4, 0.5) is 8.78 Å². The lowest BCUT2D eigenvalue weighted by atomic mass is 9.88. The molecule has 0 bridgehead atoms. The van der Waals surface area contributed by atoms with E-state index in [1.165, 1.54) is 12.1 Å². The molecule has 6 heteroatoms. The van der Waals surface area contributed by atoms with E-state index in [0.29, 0.717) is 18.5 Å². The Labute approximate surface area is 181 Å². The van der Waals surface area contributed by atoms with Crippen molar-refractivity contribution in [3.63, 3.8) is 0 Å². The number of hydrogen-bond acceptors (Lipinski definition) is 2. The van der Waals surface area contributed by atoms with E-state index in [1.807, 2.05) is 24.6 Å². The second kappa shape index (κ2) is 8.61. The number of benzene rings is 2. The molecular formula is C25H27F2N3O. The van der Waals surface area contributed by atoms with E-state index >= 15 is 0 Å². The summed E-state index contributed by atoms with van der Waals surface area (Å²) in [5.74, 6) is -1.32. The second-order valence-electron chi connectivity index (χ2n) is 8.50. The van der Waals surface area contributed by atoms with Crippen LogP contribution in [-0.4, -0.2) is 26.9 Å². The molecule has 4 nitrogen and oxygen atoms in total. The van der Waals surface area contributed by atoms with Gasteiger partial charge in [-0.3, -0.25) is 4.79 Å². The van der Waals surface area contributed by atoms with Gasteiger partial charge in [0, 0.05) is 30.4 Å². The van der Waals surface area contributed by atoms with Crippen LogP contribution in [0.25, 0.3) is 5.69 Å². The molecule has 162 valence electrons. The molecule has 0 N–H and O–H groups in total. The summed E-state index contributed by atoms with van der Waals surface area (Å²) in [6.45, 7) is 6.46. The molecule has 2 atom stereocenters. The molecule has 0 saturated carbocycles. The molecule has 2 aromatic carbocycles. The number of rotatable bonds is 5. The maximum absolute atomic E-state index is 13.7. The van der Waals surface area contributed by atoms with Gasteiger partial charge in [-0.25, -0.2) is 13.8 Å². The molecule has 0 radical (unpaired) electrons. The molecule has 2 unspecified atom stereocenters. The van der Waals surface area contributed by atoms with Crippen LogP contribution >= 0.6 is 0 Å². The zero-order valence-electron chi connectivity index (χ0n) is 18.1. The number of nitrogens with zero attached hydrogens (tertiary/aromatic N) is 3. The SMILES string of the molecule is Cc1cn(-c2ccc(CC3CCCN(C(C)c4cc(F)cc(F)c4)C3=O)cc2C)cn1. The number of amides is 1. The average molecular weight is 424 g/mol. The summed E-state index contributed by atoms with van der Waals surface area (Å²) in [6.07, 6.45) is 6.15. The monoisotopic (exact) mass is 423 g/mol. The number of aryl methyl sites for hydroxylation is 2. The van der Waals surface area contributed by atoms with E-state index in [1.54, 1.807) is 11.2 Å². The molecule has 2 heterocycles. The minimum absolute atomic E-state index is 0.0513. The lowest BCUT2D eigenvalue weighted by molar-refractivity contribution is -0.140. The molecule has 1 saturated heterocycles. The normalized spacial score (nSPS) is 17.8. The molecule has 1 aromatic heterocycles. The summed E-state index contributed by atoms with van der Waals surface area (Å²) in [6, 6.07) is 9.37. The molecule has 4 rings (SSSR count). The van der Waals surface area contributed by atoms with Crippen molar-refractivity contribution in [2.75, 3.05) is 6.54 Å². The smallest absolute Gasteiger partial charge is 0.226 e. The Morgan fingerprint density at radius 3 is 2.52 bits per heavy atom. The summed E-state index contributed by atoms with van der Waals surface area (Å²) >= 11 is 0.